The van der Waals surface area contributed by atoms with Crippen LogP contribution in [0.5, 0.6) is 0 Å². The molecule has 1 aliphatic rings. The van der Waals surface area contributed by atoms with E-state index < -0.39 is 0 Å². The van der Waals surface area contributed by atoms with E-state index in [0.29, 0.717) is 0 Å². The summed E-state index contributed by atoms with van der Waals surface area (Å²) in [7, 11) is 1.72. The first-order chi connectivity index (χ1) is 5.78. The SMILES string of the molecule is COC1(c2ncncc2Br)CC1. The summed E-state index contributed by atoms with van der Waals surface area (Å²) in [4.78, 5) is 8.11. The van der Waals surface area contributed by atoms with Crippen LogP contribution in [-0.4, -0.2) is 17.1 Å². The van der Waals surface area contributed by atoms with Crippen molar-refractivity contribution in [1.82, 2.24) is 9.97 Å². The van der Waals surface area contributed by atoms with Gasteiger partial charge >= 0.3 is 0 Å². The molecule has 0 N–H and O–H groups in total. The standard InChI is InChI=1S/C8H9BrN2O/c1-12-8(2-3-8)7-6(9)4-10-5-11-7/h4-5H,2-3H2,1H3. The molecule has 0 atom stereocenters. The minimum atomic E-state index is -0.123. The molecule has 0 unspecified atom stereocenters. The van der Waals surface area contributed by atoms with Crippen LogP contribution in [0, 0.1) is 0 Å². The van der Waals surface area contributed by atoms with E-state index in [9.17, 15) is 0 Å². The number of aromatic nitrogens is 2. The summed E-state index contributed by atoms with van der Waals surface area (Å²) < 4.78 is 6.33. The van der Waals surface area contributed by atoms with Crippen molar-refractivity contribution in [3.8, 4) is 0 Å². The van der Waals surface area contributed by atoms with Crippen molar-refractivity contribution in [2.75, 3.05) is 7.11 Å². The fourth-order valence-electron chi connectivity index (χ4n) is 1.30. The fraction of sp³-hybridized carbons (Fsp3) is 0.500. The highest BCUT2D eigenvalue weighted by atomic mass is 79.9. The zero-order chi connectivity index (χ0) is 8.60. The molecule has 0 aromatic carbocycles. The molecule has 1 fully saturated rings. The maximum atomic E-state index is 5.40. The second-order valence-corrected chi connectivity index (χ2v) is 3.77. The highest BCUT2D eigenvalue weighted by Gasteiger charge is 2.47. The Morgan fingerprint density at radius 1 is 1.58 bits per heavy atom. The van der Waals surface area contributed by atoms with Gasteiger partial charge in [0.05, 0.1) is 10.2 Å². The Bertz CT molecular complexity index is 299. The van der Waals surface area contributed by atoms with Crippen LogP contribution in [0.3, 0.4) is 0 Å². The molecule has 0 spiro atoms. The Hall–Kier alpha value is -0.480. The molecule has 1 aliphatic carbocycles. The second-order valence-electron chi connectivity index (χ2n) is 2.92. The Balaban J connectivity index is 2.40. The molecule has 1 saturated carbocycles. The van der Waals surface area contributed by atoms with Crippen LogP contribution in [0.15, 0.2) is 17.0 Å². The molecule has 1 aromatic rings. The number of rotatable bonds is 2. The lowest BCUT2D eigenvalue weighted by Crippen LogP contribution is -2.12. The van der Waals surface area contributed by atoms with E-state index in [4.69, 9.17) is 4.74 Å². The van der Waals surface area contributed by atoms with Gasteiger partial charge < -0.3 is 4.74 Å². The number of methoxy groups -OCH3 is 1. The molecular weight excluding hydrogens is 220 g/mol. The quantitative estimate of drug-likeness (QED) is 0.776. The van der Waals surface area contributed by atoms with Crippen LogP contribution in [-0.2, 0) is 10.3 Å². The van der Waals surface area contributed by atoms with Crippen LogP contribution in [0.4, 0.5) is 0 Å². The molecule has 1 heterocycles. The zero-order valence-corrected chi connectivity index (χ0v) is 8.34. The van der Waals surface area contributed by atoms with Gasteiger partial charge in [-0.1, -0.05) is 0 Å². The lowest BCUT2D eigenvalue weighted by atomic mass is 10.2. The summed E-state index contributed by atoms with van der Waals surface area (Å²) in [6.45, 7) is 0. The van der Waals surface area contributed by atoms with Crippen molar-refractivity contribution in [3.63, 3.8) is 0 Å². The summed E-state index contributed by atoms with van der Waals surface area (Å²) in [6.07, 6.45) is 5.42. The molecule has 0 bridgehead atoms. The van der Waals surface area contributed by atoms with Crippen molar-refractivity contribution in [2.45, 2.75) is 18.4 Å². The molecule has 3 nitrogen and oxygen atoms in total. The molecule has 0 saturated heterocycles. The molecule has 12 heavy (non-hydrogen) atoms. The van der Waals surface area contributed by atoms with Crippen molar-refractivity contribution in [2.24, 2.45) is 0 Å². The largest absolute Gasteiger partial charge is 0.372 e. The van der Waals surface area contributed by atoms with E-state index >= 15 is 0 Å². The van der Waals surface area contributed by atoms with Gasteiger partial charge in [0.2, 0.25) is 0 Å². The first kappa shape index (κ1) is 8.13. The third kappa shape index (κ3) is 1.15. The minimum absolute atomic E-state index is 0.123. The third-order valence-corrected chi connectivity index (χ3v) is 2.77. The van der Waals surface area contributed by atoms with Gasteiger partial charge in [0, 0.05) is 13.3 Å². The first-order valence-electron chi connectivity index (χ1n) is 3.80. The fourth-order valence-corrected chi connectivity index (χ4v) is 1.88. The highest BCUT2D eigenvalue weighted by molar-refractivity contribution is 9.10. The summed E-state index contributed by atoms with van der Waals surface area (Å²) in [5.74, 6) is 0. The van der Waals surface area contributed by atoms with Gasteiger partial charge in [-0.25, -0.2) is 9.97 Å². The summed E-state index contributed by atoms with van der Waals surface area (Å²) in [5, 5.41) is 0. The summed E-state index contributed by atoms with van der Waals surface area (Å²) in [6, 6.07) is 0. The van der Waals surface area contributed by atoms with Crippen LogP contribution in [0.2, 0.25) is 0 Å². The van der Waals surface area contributed by atoms with Gasteiger partial charge in [0.25, 0.3) is 0 Å². The van der Waals surface area contributed by atoms with E-state index in [1.165, 1.54) is 0 Å². The van der Waals surface area contributed by atoms with E-state index in [1.807, 2.05) is 0 Å². The number of halogens is 1. The molecule has 64 valence electrons. The lowest BCUT2D eigenvalue weighted by Gasteiger charge is -2.12. The molecule has 2 rings (SSSR count). The van der Waals surface area contributed by atoms with Gasteiger partial charge in [-0.15, -0.1) is 0 Å². The molecule has 0 radical (unpaired) electrons. The van der Waals surface area contributed by atoms with Gasteiger partial charge in [-0.05, 0) is 28.8 Å². The number of hydrogen-bond donors (Lipinski definition) is 0. The third-order valence-electron chi connectivity index (χ3n) is 2.19. The summed E-state index contributed by atoms with van der Waals surface area (Å²) in [5.41, 5.74) is 0.849. The second kappa shape index (κ2) is 2.78. The van der Waals surface area contributed by atoms with Gasteiger partial charge in [0.1, 0.15) is 11.9 Å². The van der Waals surface area contributed by atoms with Crippen LogP contribution in [0.1, 0.15) is 18.5 Å². The highest BCUT2D eigenvalue weighted by Crippen LogP contribution is 2.49. The molecule has 0 amide bonds. The van der Waals surface area contributed by atoms with Crippen molar-refractivity contribution < 1.29 is 4.74 Å². The zero-order valence-electron chi connectivity index (χ0n) is 6.75. The predicted octanol–water partition coefficient (Wildman–Crippen LogP) is 1.87. The number of nitrogens with zero attached hydrogens (tertiary/aromatic N) is 2. The average Bonchev–Trinajstić information content (AvgIpc) is 2.86. The van der Waals surface area contributed by atoms with Crippen molar-refractivity contribution in [3.05, 3.63) is 22.7 Å². The van der Waals surface area contributed by atoms with Gasteiger partial charge in [0.15, 0.2) is 0 Å². The Morgan fingerprint density at radius 2 is 2.33 bits per heavy atom. The molecule has 4 heteroatoms. The van der Waals surface area contributed by atoms with E-state index in [2.05, 4.69) is 25.9 Å². The van der Waals surface area contributed by atoms with E-state index in [1.54, 1.807) is 19.6 Å². The Morgan fingerprint density at radius 3 is 2.83 bits per heavy atom. The molecule has 1 aromatic heterocycles. The van der Waals surface area contributed by atoms with E-state index in [-0.39, 0.29) is 5.60 Å². The van der Waals surface area contributed by atoms with E-state index in [0.717, 1.165) is 23.0 Å². The number of hydrogen-bond acceptors (Lipinski definition) is 3. The maximum Gasteiger partial charge on any atom is 0.115 e. The molecular formula is C8H9BrN2O. The predicted molar refractivity (Wildman–Crippen MR) is 47.7 cm³/mol. The first-order valence-corrected chi connectivity index (χ1v) is 4.59. The summed E-state index contributed by atoms with van der Waals surface area (Å²) >= 11 is 3.41. The monoisotopic (exact) mass is 228 g/mol. The molecule has 0 aliphatic heterocycles. The lowest BCUT2D eigenvalue weighted by molar-refractivity contribution is 0.0744. The van der Waals surface area contributed by atoms with Crippen molar-refractivity contribution in [1.29, 1.82) is 0 Å². The van der Waals surface area contributed by atoms with Gasteiger partial charge in [-0.2, -0.15) is 0 Å². The smallest absolute Gasteiger partial charge is 0.115 e. The Labute approximate surface area is 79.3 Å². The van der Waals surface area contributed by atoms with Crippen LogP contribution < -0.4 is 0 Å². The average molecular weight is 229 g/mol. The van der Waals surface area contributed by atoms with Crippen molar-refractivity contribution >= 4 is 15.9 Å². The normalized spacial score (nSPS) is 19.2. The Kier molecular flexibility index (Phi) is 1.88. The van der Waals surface area contributed by atoms with Gasteiger partial charge in [-0.3, -0.25) is 0 Å². The number of ether oxygens (including phenoxy) is 1. The van der Waals surface area contributed by atoms with Crippen LogP contribution >= 0.6 is 15.9 Å². The minimum Gasteiger partial charge on any atom is -0.372 e. The van der Waals surface area contributed by atoms with Crippen LogP contribution in [0.25, 0.3) is 0 Å². The topological polar surface area (TPSA) is 35.0 Å². The maximum absolute atomic E-state index is 5.40.